The van der Waals surface area contributed by atoms with Crippen molar-refractivity contribution >= 4 is 66.4 Å². The van der Waals surface area contributed by atoms with Crippen LogP contribution in [0.5, 0.6) is 0 Å². The summed E-state index contributed by atoms with van der Waals surface area (Å²) in [5.41, 5.74) is 12.5. The minimum Gasteiger partial charge on any atom is -0.310 e. The van der Waals surface area contributed by atoms with E-state index < -0.39 is 0 Å². The molecule has 2 heterocycles. The van der Waals surface area contributed by atoms with Gasteiger partial charge in [-0.05, 0) is 80.2 Å². The standard InChI is InChI=1S/C48H38N2/c1-47(2)38-26-15-16-29-41(38)50-45-36-25-14-11-22-33(36)37-30-42(49(31-18-7-5-8-19-31)32-20-9-6-10-21-32)34-23-12-13-24-35(34)43(37)44(45)48(3,4)40-28-17-27-39(47)46(40)50/h5-30H,1-4H3. The molecule has 2 nitrogen and oxygen atoms in total. The molecule has 0 unspecified atom stereocenters. The van der Waals surface area contributed by atoms with E-state index in [1.165, 1.54) is 77.3 Å². The molecule has 0 aliphatic carbocycles. The second-order valence-corrected chi connectivity index (χ2v) is 14.9. The van der Waals surface area contributed by atoms with Gasteiger partial charge in [0.25, 0.3) is 0 Å². The quantitative estimate of drug-likeness (QED) is 0.177. The number of nitrogens with zero attached hydrogens (tertiary/aromatic N) is 2. The molecule has 0 bridgehead atoms. The highest BCUT2D eigenvalue weighted by Crippen LogP contribution is 2.63. The van der Waals surface area contributed by atoms with Gasteiger partial charge in [0.1, 0.15) is 0 Å². The Morgan fingerprint density at radius 3 is 1.62 bits per heavy atom. The molecule has 8 aromatic carbocycles. The molecule has 0 fully saturated rings. The van der Waals surface area contributed by atoms with Crippen LogP contribution in [0.1, 0.15) is 49.9 Å². The van der Waals surface area contributed by atoms with Crippen LogP contribution in [-0.2, 0) is 10.8 Å². The van der Waals surface area contributed by atoms with Crippen LogP contribution < -0.4 is 9.80 Å². The van der Waals surface area contributed by atoms with E-state index in [1.54, 1.807) is 0 Å². The van der Waals surface area contributed by atoms with E-state index in [0.717, 1.165) is 11.4 Å². The average Bonchev–Trinajstić information content (AvgIpc) is 3.15. The maximum absolute atomic E-state index is 2.62. The molecule has 0 atom stereocenters. The van der Waals surface area contributed by atoms with Gasteiger partial charge in [-0.2, -0.15) is 0 Å². The number of para-hydroxylation sites is 4. The summed E-state index contributed by atoms with van der Waals surface area (Å²) in [5.74, 6) is 0. The van der Waals surface area contributed by atoms with E-state index in [4.69, 9.17) is 0 Å². The van der Waals surface area contributed by atoms with Crippen molar-refractivity contribution in [2.45, 2.75) is 38.5 Å². The summed E-state index contributed by atoms with van der Waals surface area (Å²) in [7, 11) is 0. The lowest BCUT2D eigenvalue weighted by Gasteiger charge is -2.50. The molecule has 2 aliphatic rings. The smallest absolute Gasteiger partial charge is 0.0587 e. The molecule has 0 aromatic heterocycles. The summed E-state index contributed by atoms with van der Waals surface area (Å²) in [6, 6.07) is 58.3. The SMILES string of the molecule is CC1(C)c2ccccc2N2c3c1cccc3C(C)(C)c1c2c2ccccc2c2cc(N(c3ccccc3)c3ccccc3)c3ccccc3c12. The van der Waals surface area contributed by atoms with Crippen LogP contribution in [0.2, 0.25) is 0 Å². The van der Waals surface area contributed by atoms with Crippen molar-refractivity contribution in [3.63, 3.8) is 0 Å². The van der Waals surface area contributed by atoms with Gasteiger partial charge in [0.15, 0.2) is 0 Å². The molecule has 0 radical (unpaired) electrons. The Morgan fingerprint density at radius 2 is 0.940 bits per heavy atom. The van der Waals surface area contributed by atoms with Crippen molar-refractivity contribution in [1.29, 1.82) is 0 Å². The number of fused-ring (bicyclic) bond motifs is 11. The molecule has 2 aliphatic heterocycles. The van der Waals surface area contributed by atoms with E-state index in [9.17, 15) is 0 Å². The zero-order valence-electron chi connectivity index (χ0n) is 28.9. The maximum atomic E-state index is 2.62. The number of rotatable bonds is 3. The molecule has 50 heavy (non-hydrogen) atoms. The third-order valence-electron chi connectivity index (χ3n) is 11.5. The predicted molar refractivity (Wildman–Crippen MR) is 213 cm³/mol. The second kappa shape index (κ2) is 10.3. The Labute approximate surface area is 293 Å². The molecule has 0 N–H and O–H groups in total. The molecule has 0 saturated heterocycles. The van der Waals surface area contributed by atoms with Gasteiger partial charge in [0, 0.05) is 33.0 Å². The van der Waals surface area contributed by atoms with Crippen LogP contribution >= 0.6 is 0 Å². The van der Waals surface area contributed by atoms with Gasteiger partial charge in [-0.15, -0.1) is 0 Å². The molecule has 0 amide bonds. The van der Waals surface area contributed by atoms with Gasteiger partial charge in [-0.3, -0.25) is 0 Å². The Kier molecular flexibility index (Phi) is 6.01. The fourth-order valence-corrected chi connectivity index (χ4v) is 9.25. The highest BCUT2D eigenvalue weighted by Gasteiger charge is 2.46. The molecule has 10 rings (SSSR count). The fourth-order valence-electron chi connectivity index (χ4n) is 9.25. The lowest BCUT2D eigenvalue weighted by Crippen LogP contribution is -2.38. The zero-order chi connectivity index (χ0) is 33.8. The van der Waals surface area contributed by atoms with E-state index >= 15 is 0 Å². The molecular weight excluding hydrogens is 605 g/mol. The first-order valence-electron chi connectivity index (χ1n) is 17.7. The largest absolute Gasteiger partial charge is 0.310 e. The van der Waals surface area contributed by atoms with E-state index in [0.29, 0.717) is 0 Å². The predicted octanol–water partition coefficient (Wildman–Crippen LogP) is 13.4. The van der Waals surface area contributed by atoms with Crippen molar-refractivity contribution in [2.75, 3.05) is 9.80 Å². The van der Waals surface area contributed by atoms with E-state index in [2.05, 4.69) is 195 Å². The molecule has 0 spiro atoms. The summed E-state index contributed by atoms with van der Waals surface area (Å²) in [6.45, 7) is 9.67. The molecule has 240 valence electrons. The topological polar surface area (TPSA) is 6.48 Å². The monoisotopic (exact) mass is 642 g/mol. The minimum atomic E-state index is -0.273. The van der Waals surface area contributed by atoms with Crippen LogP contribution in [0.3, 0.4) is 0 Å². The summed E-state index contributed by atoms with van der Waals surface area (Å²) in [4.78, 5) is 5.04. The Bertz CT molecular complexity index is 2610. The van der Waals surface area contributed by atoms with Crippen LogP contribution in [0.15, 0.2) is 158 Å². The van der Waals surface area contributed by atoms with Crippen LogP contribution in [0.4, 0.5) is 34.1 Å². The first kappa shape index (κ1) is 29.1. The molecule has 8 aromatic rings. The van der Waals surface area contributed by atoms with Gasteiger partial charge in [0.2, 0.25) is 0 Å². The van der Waals surface area contributed by atoms with Crippen molar-refractivity contribution in [2.24, 2.45) is 0 Å². The molecular formula is C48H38N2. The lowest BCUT2D eigenvalue weighted by atomic mass is 9.65. The minimum absolute atomic E-state index is 0.126. The van der Waals surface area contributed by atoms with Crippen molar-refractivity contribution in [1.82, 2.24) is 0 Å². The van der Waals surface area contributed by atoms with Crippen molar-refractivity contribution in [3.05, 3.63) is 180 Å². The average molecular weight is 643 g/mol. The second-order valence-electron chi connectivity index (χ2n) is 14.9. The van der Waals surface area contributed by atoms with Gasteiger partial charge < -0.3 is 9.80 Å². The lowest BCUT2D eigenvalue weighted by molar-refractivity contribution is 0.601. The van der Waals surface area contributed by atoms with Crippen LogP contribution in [0.25, 0.3) is 32.3 Å². The first-order chi connectivity index (χ1) is 24.4. The van der Waals surface area contributed by atoms with E-state index in [-0.39, 0.29) is 10.8 Å². The van der Waals surface area contributed by atoms with Gasteiger partial charge in [-0.25, -0.2) is 0 Å². The highest BCUT2D eigenvalue weighted by atomic mass is 15.2. The molecule has 0 saturated carbocycles. The summed E-state index contributed by atoms with van der Waals surface area (Å²) in [6.07, 6.45) is 0. The van der Waals surface area contributed by atoms with Crippen molar-refractivity contribution in [3.8, 4) is 0 Å². The molecule has 2 heteroatoms. The number of anilines is 6. The Balaban J connectivity index is 1.40. The van der Waals surface area contributed by atoms with Gasteiger partial charge in [0.05, 0.1) is 22.7 Å². The summed E-state index contributed by atoms with van der Waals surface area (Å²) < 4.78 is 0. The highest BCUT2D eigenvalue weighted by molar-refractivity contribution is 6.27. The van der Waals surface area contributed by atoms with Crippen molar-refractivity contribution < 1.29 is 0 Å². The first-order valence-corrected chi connectivity index (χ1v) is 17.7. The fraction of sp³-hybridized carbons (Fsp3) is 0.125. The zero-order valence-corrected chi connectivity index (χ0v) is 28.9. The number of benzene rings is 8. The Hall–Kier alpha value is -5.86. The summed E-state index contributed by atoms with van der Waals surface area (Å²) >= 11 is 0. The summed E-state index contributed by atoms with van der Waals surface area (Å²) in [5, 5.41) is 7.68. The number of hydrogen-bond donors (Lipinski definition) is 0. The number of hydrogen-bond acceptors (Lipinski definition) is 2. The normalized spacial score (nSPS) is 15.1. The maximum Gasteiger partial charge on any atom is 0.0587 e. The van der Waals surface area contributed by atoms with Gasteiger partial charge in [-0.1, -0.05) is 149 Å². The third kappa shape index (κ3) is 3.79. The third-order valence-corrected chi connectivity index (χ3v) is 11.5. The van der Waals surface area contributed by atoms with Crippen LogP contribution in [0, 0.1) is 0 Å². The van der Waals surface area contributed by atoms with E-state index in [1.807, 2.05) is 0 Å². The van der Waals surface area contributed by atoms with Gasteiger partial charge >= 0.3 is 0 Å². The Morgan fingerprint density at radius 1 is 0.420 bits per heavy atom. The van der Waals surface area contributed by atoms with Crippen LogP contribution in [-0.4, -0.2) is 0 Å².